The molecule has 180 valence electrons. The Hall–Kier alpha value is -2.47. The first-order valence-corrected chi connectivity index (χ1v) is 13.6. The highest BCUT2D eigenvalue weighted by Gasteiger charge is 2.28. The molecule has 2 N–H and O–H groups in total. The molecule has 0 aliphatic carbocycles. The summed E-state index contributed by atoms with van der Waals surface area (Å²) in [6, 6.07) is 11.9. The number of piperidine rings is 1. The van der Waals surface area contributed by atoms with E-state index in [1.54, 1.807) is 0 Å². The first-order valence-electron chi connectivity index (χ1n) is 10.7. The Balaban J connectivity index is 1.52. The van der Waals surface area contributed by atoms with Crippen molar-refractivity contribution in [1.82, 2.24) is 9.03 Å². The van der Waals surface area contributed by atoms with E-state index in [9.17, 15) is 21.6 Å². The molecular weight excluding hydrogens is 466 g/mol. The van der Waals surface area contributed by atoms with Gasteiger partial charge in [-0.25, -0.2) is 21.6 Å². The first-order chi connectivity index (χ1) is 15.6. The number of amides is 1. The van der Waals surface area contributed by atoms with Gasteiger partial charge >= 0.3 is 0 Å². The average Bonchev–Trinajstić information content (AvgIpc) is 2.79. The van der Waals surface area contributed by atoms with Crippen LogP contribution in [-0.2, 0) is 24.8 Å². The van der Waals surface area contributed by atoms with Crippen molar-refractivity contribution < 1.29 is 26.4 Å². The summed E-state index contributed by atoms with van der Waals surface area (Å²) in [5, 5.41) is 2.65. The predicted octanol–water partition coefficient (Wildman–Crippen LogP) is 2.42. The van der Waals surface area contributed by atoms with Gasteiger partial charge in [-0.2, -0.15) is 4.31 Å². The van der Waals surface area contributed by atoms with Crippen LogP contribution in [0.25, 0.3) is 0 Å². The maximum absolute atomic E-state index is 12.8. The smallest absolute Gasteiger partial charge is 0.243 e. The normalized spacial score (nSPS) is 17.5. The Morgan fingerprint density at radius 1 is 1.03 bits per heavy atom. The molecule has 2 aromatic rings. The van der Waals surface area contributed by atoms with Gasteiger partial charge in [0.1, 0.15) is 5.75 Å². The Morgan fingerprint density at radius 2 is 1.67 bits per heavy atom. The number of carbonyl (C=O) groups is 1. The maximum atomic E-state index is 12.8. The number of rotatable bonds is 9. The van der Waals surface area contributed by atoms with E-state index < -0.39 is 26.0 Å². The van der Waals surface area contributed by atoms with E-state index in [4.69, 9.17) is 4.74 Å². The minimum absolute atomic E-state index is 0.0728. The maximum Gasteiger partial charge on any atom is 0.243 e. The third-order valence-electron chi connectivity index (χ3n) is 5.41. The summed E-state index contributed by atoms with van der Waals surface area (Å²) in [5.41, 5.74) is 0.434. The number of ether oxygens (including phenoxy) is 1. The van der Waals surface area contributed by atoms with Crippen molar-refractivity contribution in [2.45, 2.75) is 36.0 Å². The van der Waals surface area contributed by atoms with Crippen molar-refractivity contribution in [1.29, 1.82) is 0 Å². The van der Waals surface area contributed by atoms with E-state index in [0.29, 0.717) is 30.4 Å². The second kappa shape index (κ2) is 10.6. The lowest BCUT2D eigenvalue weighted by atomic mass is 10.0. The molecule has 33 heavy (non-hydrogen) atoms. The van der Waals surface area contributed by atoms with Gasteiger partial charge in [-0.3, -0.25) is 4.79 Å². The molecular formula is C22H29N3O6S2. The fourth-order valence-corrected chi connectivity index (χ4v) is 6.21. The molecule has 1 unspecified atom stereocenters. The molecule has 0 spiro atoms. The topological polar surface area (TPSA) is 122 Å². The van der Waals surface area contributed by atoms with Gasteiger partial charge < -0.3 is 10.1 Å². The van der Waals surface area contributed by atoms with Crippen molar-refractivity contribution in [3.8, 4) is 5.75 Å². The SMILES string of the molecule is COc1ccc(S(=O)(=O)NCCC(=O)Nc2ccc(S(=O)(=O)N3CCCC(C)C3)cc2)cc1. The van der Waals surface area contributed by atoms with Crippen LogP contribution < -0.4 is 14.8 Å². The molecule has 1 amide bonds. The summed E-state index contributed by atoms with van der Waals surface area (Å²) in [5.74, 6) is 0.472. The number of nitrogens with one attached hydrogen (secondary N) is 2. The van der Waals surface area contributed by atoms with Gasteiger partial charge in [-0.15, -0.1) is 0 Å². The second-order valence-corrected chi connectivity index (χ2v) is 11.7. The fourth-order valence-electron chi connectivity index (χ4n) is 3.58. The Kier molecular flexibility index (Phi) is 8.11. The minimum atomic E-state index is -3.75. The van der Waals surface area contributed by atoms with Crippen LogP contribution in [0.5, 0.6) is 5.75 Å². The van der Waals surface area contributed by atoms with Gasteiger partial charge in [0.05, 0.1) is 16.9 Å². The van der Waals surface area contributed by atoms with Crippen LogP contribution in [0.2, 0.25) is 0 Å². The molecule has 1 aliphatic heterocycles. The summed E-state index contributed by atoms with van der Waals surface area (Å²) < 4.78 is 59.2. The lowest BCUT2D eigenvalue weighted by Gasteiger charge is -2.30. The van der Waals surface area contributed by atoms with Crippen LogP contribution in [0.4, 0.5) is 5.69 Å². The molecule has 1 heterocycles. The monoisotopic (exact) mass is 495 g/mol. The zero-order valence-electron chi connectivity index (χ0n) is 18.7. The molecule has 0 radical (unpaired) electrons. The van der Waals surface area contributed by atoms with Crippen LogP contribution in [0, 0.1) is 5.92 Å². The largest absolute Gasteiger partial charge is 0.497 e. The molecule has 3 rings (SSSR count). The molecule has 9 nitrogen and oxygen atoms in total. The zero-order valence-corrected chi connectivity index (χ0v) is 20.3. The molecule has 1 fully saturated rings. The molecule has 11 heteroatoms. The van der Waals surface area contributed by atoms with Gasteiger partial charge in [0.25, 0.3) is 0 Å². The number of anilines is 1. The van der Waals surface area contributed by atoms with E-state index in [0.717, 1.165) is 12.8 Å². The molecule has 1 atom stereocenters. The molecule has 0 aromatic heterocycles. The number of nitrogens with zero attached hydrogens (tertiary/aromatic N) is 1. The van der Waals surface area contributed by atoms with E-state index in [2.05, 4.69) is 10.0 Å². The highest BCUT2D eigenvalue weighted by Crippen LogP contribution is 2.24. The Labute approximate surface area is 195 Å². The number of benzene rings is 2. The lowest BCUT2D eigenvalue weighted by molar-refractivity contribution is -0.116. The number of carbonyl (C=O) groups excluding carboxylic acids is 1. The van der Waals surface area contributed by atoms with Crippen LogP contribution in [-0.4, -0.2) is 53.8 Å². The highest BCUT2D eigenvalue weighted by molar-refractivity contribution is 7.89. The van der Waals surface area contributed by atoms with E-state index in [-0.39, 0.29) is 22.8 Å². The van der Waals surface area contributed by atoms with Gasteiger partial charge in [-0.1, -0.05) is 6.92 Å². The Morgan fingerprint density at radius 3 is 2.27 bits per heavy atom. The van der Waals surface area contributed by atoms with Crippen molar-refractivity contribution in [3.05, 3.63) is 48.5 Å². The predicted molar refractivity (Wildman–Crippen MR) is 125 cm³/mol. The Bertz CT molecular complexity index is 1160. The molecule has 0 bridgehead atoms. The van der Waals surface area contributed by atoms with E-state index >= 15 is 0 Å². The molecule has 1 saturated heterocycles. The van der Waals surface area contributed by atoms with Gasteiger partial charge in [0.2, 0.25) is 26.0 Å². The first kappa shape index (κ1) is 25.2. The molecule has 1 aliphatic rings. The highest BCUT2D eigenvalue weighted by atomic mass is 32.2. The van der Waals surface area contributed by atoms with Crippen LogP contribution in [0.3, 0.4) is 0 Å². The second-order valence-electron chi connectivity index (χ2n) is 8.01. The van der Waals surface area contributed by atoms with E-state index in [1.807, 2.05) is 6.92 Å². The average molecular weight is 496 g/mol. The van der Waals surface area contributed by atoms with E-state index in [1.165, 1.54) is 59.9 Å². The van der Waals surface area contributed by atoms with Gasteiger partial charge in [-0.05, 0) is 67.3 Å². The van der Waals surface area contributed by atoms with Crippen molar-refractivity contribution in [2.75, 3.05) is 32.1 Å². The van der Waals surface area contributed by atoms with Crippen molar-refractivity contribution in [3.63, 3.8) is 0 Å². The number of sulfonamides is 2. The van der Waals surface area contributed by atoms with Crippen molar-refractivity contribution in [2.24, 2.45) is 5.92 Å². The summed E-state index contributed by atoms with van der Waals surface area (Å²) in [6.45, 7) is 2.97. The summed E-state index contributed by atoms with van der Waals surface area (Å²) in [4.78, 5) is 12.4. The van der Waals surface area contributed by atoms with Crippen LogP contribution >= 0.6 is 0 Å². The summed E-state index contributed by atoms with van der Waals surface area (Å²) in [6.07, 6.45) is 1.78. The number of methoxy groups -OCH3 is 1. The number of hydrogen-bond acceptors (Lipinski definition) is 6. The standard InChI is InChI=1S/C22H29N3O6S2/c1-17-4-3-15-25(16-17)33(29,30)21-9-5-18(6-10-21)24-22(26)13-14-23-32(27,28)20-11-7-19(31-2)8-12-20/h5-12,17,23H,3-4,13-16H2,1-2H3,(H,24,26). The fraction of sp³-hybridized carbons (Fsp3) is 0.409. The zero-order chi connectivity index (χ0) is 24.1. The minimum Gasteiger partial charge on any atom is -0.497 e. The summed E-state index contributed by atoms with van der Waals surface area (Å²) >= 11 is 0. The van der Waals surface area contributed by atoms with Crippen LogP contribution in [0.1, 0.15) is 26.2 Å². The number of hydrogen-bond donors (Lipinski definition) is 2. The molecule has 0 saturated carbocycles. The van der Waals surface area contributed by atoms with Gasteiger partial charge in [0, 0.05) is 31.7 Å². The molecule has 2 aromatic carbocycles. The summed E-state index contributed by atoms with van der Waals surface area (Å²) in [7, 11) is -5.82. The lowest BCUT2D eigenvalue weighted by Crippen LogP contribution is -2.39. The van der Waals surface area contributed by atoms with Crippen LogP contribution in [0.15, 0.2) is 58.3 Å². The third-order valence-corrected chi connectivity index (χ3v) is 8.77. The van der Waals surface area contributed by atoms with Gasteiger partial charge in [0.15, 0.2) is 0 Å². The van der Waals surface area contributed by atoms with Crippen molar-refractivity contribution >= 4 is 31.6 Å². The quantitative estimate of drug-likeness (QED) is 0.551. The third kappa shape index (κ3) is 6.53.